The fourth-order valence-corrected chi connectivity index (χ4v) is 3.08. The summed E-state index contributed by atoms with van der Waals surface area (Å²) >= 11 is 3.20. The molecule has 1 saturated heterocycles. The Morgan fingerprint density at radius 3 is 2.45 bits per heavy atom. The van der Waals surface area contributed by atoms with E-state index in [2.05, 4.69) is 21.2 Å². The summed E-state index contributed by atoms with van der Waals surface area (Å²) in [5.74, 6) is -0.283. The Labute approximate surface area is 123 Å². The Morgan fingerprint density at radius 2 is 1.90 bits per heavy atom. The molecule has 0 unspecified atom stereocenters. The number of hydrogen-bond donors (Lipinski definition) is 2. The maximum atomic E-state index is 13.4. The molecule has 3 nitrogen and oxygen atoms in total. The van der Waals surface area contributed by atoms with E-state index >= 15 is 0 Å². The van der Waals surface area contributed by atoms with E-state index in [9.17, 15) is 18.3 Å². The first-order chi connectivity index (χ1) is 9.30. The Kier molecular flexibility index (Phi) is 4.61. The van der Waals surface area contributed by atoms with E-state index < -0.39 is 12.2 Å². The lowest BCUT2D eigenvalue weighted by atomic mass is 10.00. The van der Waals surface area contributed by atoms with Gasteiger partial charge in [-0.15, -0.1) is 0 Å². The molecule has 0 radical (unpaired) electrons. The highest BCUT2D eigenvalue weighted by molar-refractivity contribution is 9.10. The number of rotatable bonds is 2. The summed E-state index contributed by atoms with van der Waals surface area (Å²) in [4.78, 5) is 1.36. The van der Waals surface area contributed by atoms with Gasteiger partial charge in [-0.05, 0) is 24.6 Å². The van der Waals surface area contributed by atoms with Crippen molar-refractivity contribution in [1.29, 1.82) is 0 Å². The van der Waals surface area contributed by atoms with Gasteiger partial charge in [0, 0.05) is 36.2 Å². The standard InChI is InChI=1S/C13H16BrF3N2O/c1-8-6-9(14)7-10(11(8)20)12(13(15,16)17)19-4-2-18-3-5-19/h6-7,12,18,20H,2-5H2,1H3/t12-/m0/s1. The second kappa shape index (κ2) is 5.91. The van der Waals surface area contributed by atoms with Gasteiger partial charge in [0.1, 0.15) is 11.8 Å². The van der Waals surface area contributed by atoms with Crippen LogP contribution in [-0.4, -0.2) is 42.4 Å². The minimum absolute atomic E-state index is 0.0914. The number of phenolic OH excluding ortho intramolecular Hbond substituents is 1. The van der Waals surface area contributed by atoms with Crippen LogP contribution >= 0.6 is 15.9 Å². The third kappa shape index (κ3) is 3.27. The molecule has 1 aliphatic heterocycles. The summed E-state index contributed by atoms with van der Waals surface area (Å²) in [6, 6.07) is 1.17. The molecular formula is C13H16BrF3N2O. The van der Waals surface area contributed by atoms with Gasteiger partial charge in [0.25, 0.3) is 0 Å². The molecule has 0 aliphatic carbocycles. The smallest absolute Gasteiger partial charge is 0.408 e. The molecule has 1 fully saturated rings. The van der Waals surface area contributed by atoms with Crippen LogP contribution in [0.1, 0.15) is 17.2 Å². The number of aryl methyl sites for hydroxylation is 1. The third-order valence-corrected chi connectivity index (χ3v) is 3.87. The van der Waals surface area contributed by atoms with Crippen molar-refractivity contribution in [1.82, 2.24) is 10.2 Å². The number of halogens is 4. The molecule has 7 heteroatoms. The van der Waals surface area contributed by atoms with Gasteiger partial charge < -0.3 is 10.4 Å². The van der Waals surface area contributed by atoms with Gasteiger partial charge in [-0.25, -0.2) is 0 Å². The van der Waals surface area contributed by atoms with Gasteiger partial charge in [0.15, 0.2) is 0 Å². The molecule has 20 heavy (non-hydrogen) atoms. The molecule has 1 aromatic carbocycles. The number of benzene rings is 1. The zero-order valence-corrected chi connectivity index (χ0v) is 12.6. The van der Waals surface area contributed by atoms with Crippen LogP contribution in [0.3, 0.4) is 0 Å². The van der Waals surface area contributed by atoms with E-state index in [1.54, 1.807) is 13.0 Å². The molecule has 2 rings (SSSR count). The molecule has 0 amide bonds. The molecule has 0 saturated carbocycles. The molecule has 0 spiro atoms. The third-order valence-electron chi connectivity index (χ3n) is 3.42. The molecule has 2 N–H and O–H groups in total. The van der Waals surface area contributed by atoms with E-state index in [-0.39, 0.29) is 11.3 Å². The largest absolute Gasteiger partial charge is 0.507 e. The Balaban J connectivity index is 2.46. The number of nitrogens with zero attached hydrogens (tertiary/aromatic N) is 1. The van der Waals surface area contributed by atoms with E-state index in [0.717, 1.165) is 0 Å². The summed E-state index contributed by atoms with van der Waals surface area (Å²) in [6.07, 6.45) is -4.43. The first-order valence-electron chi connectivity index (χ1n) is 6.31. The van der Waals surface area contributed by atoms with Gasteiger partial charge in [-0.1, -0.05) is 15.9 Å². The topological polar surface area (TPSA) is 35.5 Å². The fourth-order valence-electron chi connectivity index (χ4n) is 2.49. The zero-order valence-electron chi connectivity index (χ0n) is 11.0. The van der Waals surface area contributed by atoms with Crippen molar-refractivity contribution in [2.24, 2.45) is 0 Å². The molecule has 0 aromatic heterocycles. The Morgan fingerprint density at radius 1 is 1.30 bits per heavy atom. The summed E-state index contributed by atoms with van der Waals surface area (Å²) in [7, 11) is 0. The van der Waals surface area contributed by atoms with E-state index in [0.29, 0.717) is 36.2 Å². The van der Waals surface area contributed by atoms with Crippen LogP contribution in [0, 0.1) is 6.92 Å². The van der Waals surface area contributed by atoms with Gasteiger partial charge in [-0.3, -0.25) is 4.90 Å². The van der Waals surface area contributed by atoms with Crippen molar-refractivity contribution in [3.05, 3.63) is 27.7 Å². The summed E-state index contributed by atoms with van der Waals surface area (Å²) in [5.41, 5.74) is 0.338. The van der Waals surface area contributed by atoms with Crippen molar-refractivity contribution in [3.63, 3.8) is 0 Å². The number of phenols is 1. The van der Waals surface area contributed by atoms with Gasteiger partial charge >= 0.3 is 6.18 Å². The van der Waals surface area contributed by atoms with Crippen molar-refractivity contribution in [2.75, 3.05) is 26.2 Å². The lowest BCUT2D eigenvalue weighted by Gasteiger charge is -2.36. The van der Waals surface area contributed by atoms with Gasteiger partial charge in [-0.2, -0.15) is 13.2 Å². The number of hydrogen-bond acceptors (Lipinski definition) is 3. The average molecular weight is 353 g/mol. The molecule has 112 valence electrons. The second-order valence-electron chi connectivity index (χ2n) is 4.89. The highest BCUT2D eigenvalue weighted by Gasteiger charge is 2.46. The van der Waals surface area contributed by atoms with E-state index in [4.69, 9.17) is 0 Å². The molecule has 1 heterocycles. The average Bonchev–Trinajstić information content (AvgIpc) is 2.35. The van der Waals surface area contributed by atoms with Crippen molar-refractivity contribution in [3.8, 4) is 5.75 Å². The van der Waals surface area contributed by atoms with Crippen molar-refractivity contribution < 1.29 is 18.3 Å². The molecular weight excluding hydrogens is 337 g/mol. The first kappa shape index (κ1) is 15.6. The van der Waals surface area contributed by atoms with Crippen LogP contribution in [0.2, 0.25) is 0 Å². The van der Waals surface area contributed by atoms with E-state index in [1.807, 2.05) is 0 Å². The summed E-state index contributed by atoms with van der Waals surface area (Å²) in [6.45, 7) is 3.22. The lowest BCUT2D eigenvalue weighted by Crippen LogP contribution is -2.49. The van der Waals surface area contributed by atoms with Crippen LogP contribution in [0.15, 0.2) is 16.6 Å². The Hall–Kier alpha value is -0.790. The predicted octanol–water partition coefficient (Wildman–Crippen LogP) is 2.97. The van der Waals surface area contributed by atoms with E-state index in [1.165, 1.54) is 11.0 Å². The quantitative estimate of drug-likeness (QED) is 0.858. The minimum atomic E-state index is -4.43. The minimum Gasteiger partial charge on any atom is -0.507 e. The van der Waals surface area contributed by atoms with Crippen LogP contribution < -0.4 is 5.32 Å². The maximum absolute atomic E-state index is 13.4. The zero-order chi connectivity index (χ0) is 14.9. The number of alkyl halides is 3. The number of nitrogens with one attached hydrogen (secondary N) is 1. The highest BCUT2D eigenvalue weighted by Crippen LogP contribution is 2.43. The lowest BCUT2D eigenvalue weighted by molar-refractivity contribution is -0.188. The monoisotopic (exact) mass is 352 g/mol. The van der Waals surface area contributed by atoms with Gasteiger partial charge in [0.2, 0.25) is 0 Å². The molecule has 1 atom stereocenters. The van der Waals surface area contributed by atoms with Crippen LogP contribution in [-0.2, 0) is 0 Å². The maximum Gasteiger partial charge on any atom is 0.408 e. The molecule has 1 aromatic rings. The number of piperazine rings is 1. The number of aromatic hydroxyl groups is 1. The Bertz CT molecular complexity index is 487. The molecule has 0 bridgehead atoms. The summed E-state index contributed by atoms with van der Waals surface area (Å²) in [5, 5.41) is 13.1. The van der Waals surface area contributed by atoms with Crippen molar-refractivity contribution >= 4 is 15.9 Å². The first-order valence-corrected chi connectivity index (χ1v) is 7.10. The normalized spacial score (nSPS) is 19.1. The summed E-state index contributed by atoms with van der Waals surface area (Å²) < 4.78 is 40.9. The van der Waals surface area contributed by atoms with Crippen molar-refractivity contribution in [2.45, 2.75) is 19.1 Å². The SMILES string of the molecule is Cc1cc(Br)cc([C@H](N2CCNCC2)C(F)(F)F)c1O. The van der Waals surface area contributed by atoms with Gasteiger partial charge in [0.05, 0.1) is 0 Å². The van der Waals surface area contributed by atoms with Crippen LogP contribution in [0.25, 0.3) is 0 Å². The van der Waals surface area contributed by atoms with Crippen LogP contribution in [0.4, 0.5) is 13.2 Å². The van der Waals surface area contributed by atoms with Crippen LogP contribution in [0.5, 0.6) is 5.75 Å². The fraction of sp³-hybridized carbons (Fsp3) is 0.538. The highest BCUT2D eigenvalue weighted by atomic mass is 79.9. The predicted molar refractivity (Wildman–Crippen MR) is 73.8 cm³/mol. The second-order valence-corrected chi connectivity index (χ2v) is 5.81. The molecule has 1 aliphatic rings.